The van der Waals surface area contributed by atoms with Gasteiger partial charge in [0.05, 0.1) is 0 Å². The van der Waals surface area contributed by atoms with E-state index in [-0.39, 0.29) is 30.3 Å². The van der Waals surface area contributed by atoms with Crippen molar-refractivity contribution >= 4 is 35.6 Å². The fourth-order valence-electron chi connectivity index (χ4n) is 3.46. The van der Waals surface area contributed by atoms with Gasteiger partial charge in [0.25, 0.3) is 0 Å². The van der Waals surface area contributed by atoms with E-state index in [2.05, 4.69) is 0 Å². The molecule has 120 valence electrons. The molecule has 2 aliphatic rings. The van der Waals surface area contributed by atoms with E-state index in [0.717, 1.165) is 42.6 Å². The van der Waals surface area contributed by atoms with Crippen LogP contribution in [-0.4, -0.2) is 35.8 Å². The number of nitrogens with zero attached hydrogens (tertiary/aromatic N) is 2. The minimum atomic E-state index is -0.310. The lowest BCUT2D eigenvalue weighted by Gasteiger charge is -2.34. The Morgan fingerprint density at radius 3 is 2.73 bits per heavy atom. The summed E-state index contributed by atoms with van der Waals surface area (Å²) in [6, 6.07) is 5.41. The maximum absolute atomic E-state index is 12.9. The zero-order valence-corrected chi connectivity index (χ0v) is 13.6. The molecule has 0 saturated carbocycles. The van der Waals surface area contributed by atoms with Crippen molar-refractivity contribution in [3.63, 3.8) is 0 Å². The van der Waals surface area contributed by atoms with Crippen LogP contribution >= 0.6 is 12.4 Å². The summed E-state index contributed by atoms with van der Waals surface area (Å²) in [5.74, 6) is 0.0184. The van der Waals surface area contributed by atoms with Gasteiger partial charge in [-0.3, -0.25) is 9.59 Å². The maximum atomic E-state index is 12.9. The van der Waals surface area contributed by atoms with Gasteiger partial charge in [-0.15, -0.1) is 12.4 Å². The van der Waals surface area contributed by atoms with E-state index >= 15 is 0 Å². The second-order valence-electron chi connectivity index (χ2n) is 5.81. The van der Waals surface area contributed by atoms with Crippen molar-refractivity contribution in [1.29, 1.82) is 0 Å². The van der Waals surface area contributed by atoms with Crippen LogP contribution in [0.3, 0.4) is 0 Å². The van der Waals surface area contributed by atoms with Crippen molar-refractivity contribution in [3.8, 4) is 0 Å². The molecule has 0 aliphatic carbocycles. The van der Waals surface area contributed by atoms with E-state index in [9.17, 15) is 9.59 Å². The fourth-order valence-corrected chi connectivity index (χ4v) is 3.46. The highest BCUT2D eigenvalue weighted by molar-refractivity contribution is 6.00. The number of halogens is 1. The van der Waals surface area contributed by atoms with Gasteiger partial charge in [-0.05, 0) is 43.4 Å². The molecule has 1 saturated heterocycles. The molecule has 3 rings (SSSR count). The molecule has 22 heavy (non-hydrogen) atoms. The Balaban J connectivity index is 0.00000176. The average Bonchev–Trinajstić information content (AvgIpc) is 2.96. The number of likely N-dealkylation sites (tertiary alicyclic amines) is 1. The van der Waals surface area contributed by atoms with Crippen LogP contribution in [0.2, 0.25) is 0 Å². The number of carbonyl (C=O) groups is 2. The van der Waals surface area contributed by atoms with Crippen LogP contribution in [0.15, 0.2) is 18.2 Å². The Kier molecular flexibility index (Phi) is 4.96. The molecule has 2 amide bonds. The highest BCUT2D eigenvalue weighted by Crippen LogP contribution is 2.33. The van der Waals surface area contributed by atoms with Crippen LogP contribution in [0.1, 0.15) is 31.7 Å². The highest BCUT2D eigenvalue weighted by Gasteiger charge is 2.36. The van der Waals surface area contributed by atoms with Gasteiger partial charge in [0, 0.05) is 31.4 Å². The topological polar surface area (TPSA) is 66.6 Å². The molecule has 5 nitrogen and oxygen atoms in total. The second kappa shape index (κ2) is 6.57. The zero-order chi connectivity index (χ0) is 15.0. The van der Waals surface area contributed by atoms with Crippen molar-refractivity contribution in [2.24, 2.45) is 0 Å². The predicted octanol–water partition coefficient (Wildman–Crippen LogP) is 1.98. The Morgan fingerprint density at radius 2 is 2.00 bits per heavy atom. The molecular formula is C16H22ClN3O2. The van der Waals surface area contributed by atoms with Crippen molar-refractivity contribution < 1.29 is 9.59 Å². The lowest BCUT2D eigenvalue weighted by molar-refractivity contribution is -0.135. The number of benzene rings is 1. The Bertz CT molecular complexity index is 591. The fraction of sp³-hybridized carbons (Fsp3) is 0.500. The van der Waals surface area contributed by atoms with Crippen LogP contribution in [-0.2, 0) is 16.0 Å². The number of anilines is 2. The number of hydrogen-bond acceptors (Lipinski definition) is 3. The molecular weight excluding hydrogens is 302 g/mol. The van der Waals surface area contributed by atoms with Crippen LogP contribution < -0.4 is 10.6 Å². The summed E-state index contributed by atoms with van der Waals surface area (Å²) in [5.41, 5.74) is 8.76. The first-order valence-electron chi connectivity index (χ1n) is 7.55. The molecule has 6 heteroatoms. The first kappa shape index (κ1) is 16.6. The van der Waals surface area contributed by atoms with Gasteiger partial charge in [-0.2, -0.15) is 0 Å². The van der Waals surface area contributed by atoms with Crippen molar-refractivity contribution in [2.45, 2.75) is 38.6 Å². The predicted molar refractivity (Wildman–Crippen MR) is 89.2 cm³/mol. The average molecular weight is 324 g/mol. The summed E-state index contributed by atoms with van der Waals surface area (Å²) in [7, 11) is 0. The summed E-state index contributed by atoms with van der Waals surface area (Å²) in [5, 5.41) is 0. The van der Waals surface area contributed by atoms with Crippen LogP contribution in [0.25, 0.3) is 0 Å². The van der Waals surface area contributed by atoms with Crippen molar-refractivity contribution in [3.05, 3.63) is 23.8 Å². The van der Waals surface area contributed by atoms with Gasteiger partial charge >= 0.3 is 0 Å². The summed E-state index contributed by atoms with van der Waals surface area (Å²) in [4.78, 5) is 28.1. The monoisotopic (exact) mass is 323 g/mol. The van der Waals surface area contributed by atoms with Gasteiger partial charge in [0.1, 0.15) is 6.04 Å². The van der Waals surface area contributed by atoms with Crippen molar-refractivity contribution in [2.75, 3.05) is 23.7 Å². The zero-order valence-electron chi connectivity index (χ0n) is 12.7. The molecule has 1 unspecified atom stereocenters. The first-order valence-corrected chi connectivity index (χ1v) is 7.55. The Hall–Kier alpha value is -1.75. The molecule has 2 aliphatic heterocycles. The van der Waals surface area contributed by atoms with Gasteiger partial charge in [-0.1, -0.05) is 6.07 Å². The standard InChI is InChI=1S/C16H21N3O2.ClH/c1-11(20)18-9-4-8-15(18)16(21)19-10-3-5-12-13(17)6-2-7-14(12)19;/h2,6-7,15H,3-5,8-10,17H2,1H3;1H. The van der Waals surface area contributed by atoms with Gasteiger partial charge in [-0.25, -0.2) is 0 Å². The first-order chi connectivity index (χ1) is 10.1. The molecule has 2 heterocycles. The normalized spacial score (nSPS) is 20.3. The quantitative estimate of drug-likeness (QED) is 0.804. The van der Waals surface area contributed by atoms with Gasteiger partial charge in [0.15, 0.2) is 0 Å². The number of amides is 2. The third-order valence-electron chi connectivity index (χ3n) is 4.50. The van der Waals surface area contributed by atoms with Crippen LogP contribution in [0.5, 0.6) is 0 Å². The Morgan fingerprint density at radius 1 is 1.23 bits per heavy atom. The molecule has 0 radical (unpaired) electrons. The van der Waals surface area contributed by atoms with Gasteiger partial charge < -0.3 is 15.5 Å². The number of hydrogen-bond donors (Lipinski definition) is 1. The molecule has 1 aromatic carbocycles. The maximum Gasteiger partial charge on any atom is 0.249 e. The molecule has 1 aromatic rings. The molecule has 1 atom stereocenters. The number of nitrogen functional groups attached to an aromatic ring is 1. The highest BCUT2D eigenvalue weighted by atomic mass is 35.5. The lowest BCUT2D eigenvalue weighted by Crippen LogP contribution is -2.48. The summed E-state index contributed by atoms with van der Waals surface area (Å²) in [6.07, 6.45) is 3.48. The number of rotatable bonds is 1. The number of nitrogens with two attached hydrogens (primary N) is 1. The van der Waals surface area contributed by atoms with Crippen molar-refractivity contribution in [1.82, 2.24) is 4.90 Å². The third kappa shape index (κ3) is 2.77. The molecule has 0 bridgehead atoms. The largest absolute Gasteiger partial charge is 0.398 e. The molecule has 0 spiro atoms. The summed E-state index contributed by atoms with van der Waals surface area (Å²) in [6.45, 7) is 2.93. The summed E-state index contributed by atoms with van der Waals surface area (Å²) < 4.78 is 0. The third-order valence-corrected chi connectivity index (χ3v) is 4.50. The second-order valence-corrected chi connectivity index (χ2v) is 5.81. The van der Waals surface area contributed by atoms with E-state index in [1.807, 2.05) is 23.1 Å². The lowest BCUT2D eigenvalue weighted by atomic mass is 9.99. The minimum Gasteiger partial charge on any atom is -0.398 e. The van der Waals surface area contributed by atoms with Crippen LogP contribution in [0, 0.1) is 0 Å². The Labute approximate surface area is 136 Å². The molecule has 2 N–H and O–H groups in total. The molecule has 1 fully saturated rings. The number of carbonyl (C=O) groups excluding carboxylic acids is 2. The number of fused-ring (bicyclic) bond motifs is 1. The van der Waals surface area contributed by atoms with E-state index in [1.165, 1.54) is 6.92 Å². The van der Waals surface area contributed by atoms with E-state index in [4.69, 9.17) is 5.73 Å². The SMILES string of the molecule is CC(=O)N1CCCC1C(=O)N1CCCc2c(N)cccc21.Cl. The van der Waals surface area contributed by atoms with Crippen LogP contribution in [0.4, 0.5) is 11.4 Å². The van der Waals surface area contributed by atoms with E-state index in [1.54, 1.807) is 4.90 Å². The summed E-state index contributed by atoms with van der Waals surface area (Å²) >= 11 is 0. The van der Waals surface area contributed by atoms with E-state index in [0.29, 0.717) is 13.1 Å². The molecule has 0 aromatic heterocycles. The van der Waals surface area contributed by atoms with Gasteiger partial charge in [0.2, 0.25) is 11.8 Å². The minimum absolute atomic E-state index is 0. The smallest absolute Gasteiger partial charge is 0.249 e. The van der Waals surface area contributed by atoms with E-state index < -0.39 is 0 Å².